The monoisotopic (exact) mass is 472 g/mol. The molecular formula is C23H18F2N2O7. The van der Waals surface area contributed by atoms with Crippen LogP contribution < -0.4 is 11.2 Å². The number of alkyl halides is 2. The number of aromatic nitrogens is 2. The molecule has 1 unspecified atom stereocenters. The minimum atomic E-state index is -3.14. The third kappa shape index (κ3) is 4.64. The van der Waals surface area contributed by atoms with Crippen LogP contribution in [0.3, 0.4) is 0 Å². The second kappa shape index (κ2) is 9.40. The molecule has 0 saturated carbocycles. The second-order valence-corrected chi connectivity index (χ2v) is 7.39. The van der Waals surface area contributed by atoms with Crippen molar-refractivity contribution in [3.8, 4) is 0 Å². The summed E-state index contributed by atoms with van der Waals surface area (Å²) in [6, 6.07) is 16.0. The van der Waals surface area contributed by atoms with Crippen LogP contribution in [-0.2, 0) is 14.2 Å². The van der Waals surface area contributed by atoms with Crippen LogP contribution >= 0.6 is 0 Å². The molecule has 4 rings (SSSR count). The molecule has 9 nitrogen and oxygen atoms in total. The van der Waals surface area contributed by atoms with Gasteiger partial charge in [0.15, 0.2) is 25.1 Å². The number of halogens is 2. The van der Waals surface area contributed by atoms with Gasteiger partial charge in [-0.3, -0.25) is 14.3 Å². The van der Waals surface area contributed by atoms with Crippen LogP contribution in [0.15, 0.2) is 82.5 Å². The minimum absolute atomic E-state index is 0.0167. The molecule has 4 atom stereocenters. The number of H-pyrrole nitrogens is 1. The number of aromatic amines is 1. The maximum absolute atomic E-state index is 15.9. The topological polar surface area (TPSA) is 117 Å². The maximum atomic E-state index is 15.9. The largest absolute Gasteiger partial charge is 0.456 e. The van der Waals surface area contributed by atoms with Gasteiger partial charge < -0.3 is 14.2 Å². The molecule has 176 valence electrons. The van der Waals surface area contributed by atoms with E-state index in [-0.39, 0.29) is 11.1 Å². The summed E-state index contributed by atoms with van der Waals surface area (Å²) in [6.07, 6.45) is -5.60. The molecular weight excluding hydrogens is 454 g/mol. The SMILES string of the molecule is O=C(OC[C@@]1(F)OC(n2ccc(=O)[nH]c2=O)[C@H](F)[C@@H]1OC(=O)c1ccccc1)c1ccccc1. The van der Waals surface area contributed by atoms with Crippen LogP contribution in [0.4, 0.5) is 8.78 Å². The third-order valence-electron chi connectivity index (χ3n) is 5.08. The molecule has 0 aliphatic carbocycles. The quantitative estimate of drug-likeness (QED) is 0.547. The Morgan fingerprint density at radius 1 is 0.971 bits per heavy atom. The number of rotatable bonds is 6. The number of benzene rings is 2. The molecule has 0 spiro atoms. The Kier molecular flexibility index (Phi) is 6.37. The van der Waals surface area contributed by atoms with E-state index in [0.29, 0.717) is 4.57 Å². The van der Waals surface area contributed by atoms with E-state index in [2.05, 4.69) is 0 Å². The van der Waals surface area contributed by atoms with E-state index < -0.39 is 54.2 Å². The van der Waals surface area contributed by atoms with Gasteiger partial charge in [-0.15, -0.1) is 0 Å². The first kappa shape index (κ1) is 23.1. The van der Waals surface area contributed by atoms with Crippen molar-refractivity contribution in [2.45, 2.75) is 24.4 Å². The lowest BCUT2D eigenvalue weighted by molar-refractivity contribution is -0.208. The lowest BCUT2D eigenvalue weighted by Gasteiger charge is -2.25. The van der Waals surface area contributed by atoms with Crippen molar-refractivity contribution in [2.24, 2.45) is 0 Å². The number of ether oxygens (including phenoxy) is 3. The fourth-order valence-electron chi connectivity index (χ4n) is 3.41. The zero-order chi connectivity index (χ0) is 24.3. The summed E-state index contributed by atoms with van der Waals surface area (Å²) in [4.78, 5) is 50.2. The molecule has 0 amide bonds. The van der Waals surface area contributed by atoms with Crippen LogP contribution in [0, 0.1) is 0 Å². The standard InChI is InChI=1S/C23H18F2N2O7/c24-17-18(33-21(30)15-9-5-2-6-10-15)23(25,13-32-20(29)14-7-3-1-4-8-14)34-19(17)27-12-11-16(28)26-22(27)31/h1-12,17-19H,13H2,(H,26,28,31)/t17-,18+,19?,23-/m1/s1. The molecule has 1 aromatic heterocycles. The molecule has 34 heavy (non-hydrogen) atoms. The summed E-state index contributed by atoms with van der Waals surface area (Å²) >= 11 is 0. The number of hydrogen-bond acceptors (Lipinski definition) is 7. The van der Waals surface area contributed by atoms with Gasteiger partial charge in [-0.2, -0.15) is 0 Å². The van der Waals surface area contributed by atoms with Crippen molar-refractivity contribution < 1.29 is 32.6 Å². The van der Waals surface area contributed by atoms with Gasteiger partial charge in [0.1, 0.15) is 0 Å². The molecule has 2 heterocycles. The van der Waals surface area contributed by atoms with Crippen LogP contribution in [0.25, 0.3) is 0 Å². The number of nitrogens with one attached hydrogen (secondary N) is 1. The lowest BCUT2D eigenvalue weighted by Crippen LogP contribution is -2.45. The molecule has 1 aliphatic heterocycles. The molecule has 1 N–H and O–H groups in total. The highest BCUT2D eigenvalue weighted by Crippen LogP contribution is 2.42. The van der Waals surface area contributed by atoms with Crippen LogP contribution in [0.1, 0.15) is 26.9 Å². The number of hydrogen-bond donors (Lipinski definition) is 1. The lowest BCUT2D eigenvalue weighted by atomic mass is 10.1. The minimum Gasteiger partial charge on any atom is -0.456 e. The summed E-state index contributed by atoms with van der Waals surface area (Å²) in [7, 11) is 0. The van der Waals surface area contributed by atoms with E-state index >= 15 is 8.78 Å². The van der Waals surface area contributed by atoms with Crippen LogP contribution in [-0.4, -0.2) is 46.2 Å². The number of nitrogens with zero attached hydrogens (tertiary/aromatic N) is 1. The van der Waals surface area contributed by atoms with Crippen molar-refractivity contribution in [1.82, 2.24) is 9.55 Å². The fraction of sp³-hybridized carbons (Fsp3) is 0.217. The van der Waals surface area contributed by atoms with E-state index in [9.17, 15) is 19.2 Å². The first-order valence-corrected chi connectivity index (χ1v) is 10.1. The smallest absolute Gasteiger partial charge is 0.338 e. The van der Waals surface area contributed by atoms with E-state index in [1.165, 1.54) is 36.4 Å². The summed E-state index contributed by atoms with van der Waals surface area (Å²) in [6.45, 7) is -1.14. The normalized spacial score (nSPS) is 23.9. The average molecular weight is 472 g/mol. The summed E-state index contributed by atoms with van der Waals surface area (Å²) < 4.78 is 47.1. The molecule has 3 aromatic rings. The Bertz CT molecular complexity index is 1300. The molecule has 1 saturated heterocycles. The molecule has 11 heteroatoms. The number of carbonyl (C=O) groups excluding carboxylic acids is 2. The molecule has 0 radical (unpaired) electrons. The van der Waals surface area contributed by atoms with Gasteiger partial charge in [0.2, 0.25) is 0 Å². The van der Waals surface area contributed by atoms with Gasteiger partial charge in [-0.05, 0) is 24.3 Å². The van der Waals surface area contributed by atoms with E-state index in [4.69, 9.17) is 14.2 Å². The van der Waals surface area contributed by atoms with E-state index in [1.54, 1.807) is 24.3 Å². The summed E-state index contributed by atoms with van der Waals surface area (Å²) in [5.41, 5.74) is -1.71. The van der Waals surface area contributed by atoms with Crippen molar-refractivity contribution in [2.75, 3.05) is 6.61 Å². The Balaban J connectivity index is 1.62. The Labute approximate surface area is 190 Å². The highest BCUT2D eigenvalue weighted by atomic mass is 19.2. The van der Waals surface area contributed by atoms with Gasteiger partial charge in [-0.25, -0.2) is 23.2 Å². The zero-order valence-corrected chi connectivity index (χ0v) is 17.4. The Hall–Kier alpha value is -4.12. The first-order chi connectivity index (χ1) is 16.3. The van der Waals surface area contributed by atoms with Crippen molar-refractivity contribution in [1.29, 1.82) is 0 Å². The van der Waals surface area contributed by atoms with E-state index in [0.717, 1.165) is 12.3 Å². The second-order valence-electron chi connectivity index (χ2n) is 7.39. The van der Waals surface area contributed by atoms with Gasteiger partial charge in [-0.1, -0.05) is 36.4 Å². The van der Waals surface area contributed by atoms with Crippen molar-refractivity contribution in [3.63, 3.8) is 0 Å². The highest BCUT2D eigenvalue weighted by molar-refractivity contribution is 5.90. The molecule has 1 fully saturated rings. The Morgan fingerprint density at radius 3 is 2.15 bits per heavy atom. The molecule has 2 aromatic carbocycles. The number of carbonyl (C=O) groups is 2. The number of esters is 2. The van der Waals surface area contributed by atoms with Crippen molar-refractivity contribution >= 4 is 11.9 Å². The average Bonchev–Trinajstić information content (AvgIpc) is 3.09. The predicted molar refractivity (Wildman–Crippen MR) is 113 cm³/mol. The Morgan fingerprint density at radius 2 is 1.56 bits per heavy atom. The van der Waals surface area contributed by atoms with Gasteiger partial charge in [0.05, 0.1) is 11.1 Å². The van der Waals surface area contributed by atoms with Gasteiger partial charge in [0.25, 0.3) is 11.4 Å². The fourth-order valence-corrected chi connectivity index (χ4v) is 3.41. The van der Waals surface area contributed by atoms with Crippen molar-refractivity contribution in [3.05, 3.63) is 105 Å². The summed E-state index contributed by atoms with van der Waals surface area (Å²) in [5, 5.41) is 0. The highest BCUT2D eigenvalue weighted by Gasteiger charge is 2.61. The maximum Gasteiger partial charge on any atom is 0.338 e. The first-order valence-electron chi connectivity index (χ1n) is 10.1. The zero-order valence-electron chi connectivity index (χ0n) is 17.4. The third-order valence-corrected chi connectivity index (χ3v) is 5.08. The molecule has 0 bridgehead atoms. The molecule has 1 aliphatic rings. The van der Waals surface area contributed by atoms with Crippen LogP contribution in [0.2, 0.25) is 0 Å². The van der Waals surface area contributed by atoms with E-state index in [1.807, 2.05) is 4.98 Å². The summed E-state index contributed by atoms with van der Waals surface area (Å²) in [5.74, 6) is -5.12. The predicted octanol–water partition coefficient (Wildman–Crippen LogP) is 2.15. The van der Waals surface area contributed by atoms with Gasteiger partial charge in [0, 0.05) is 12.3 Å². The van der Waals surface area contributed by atoms with Crippen LogP contribution in [0.5, 0.6) is 0 Å². The van der Waals surface area contributed by atoms with Gasteiger partial charge >= 0.3 is 17.6 Å².